The number of piperidine rings is 1. The molecule has 32 heavy (non-hydrogen) atoms. The Morgan fingerprint density at radius 1 is 1.12 bits per heavy atom. The Morgan fingerprint density at radius 3 is 2.25 bits per heavy atom. The van der Waals surface area contributed by atoms with Crippen molar-refractivity contribution in [3.05, 3.63) is 35.4 Å². The average molecular weight is 571 g/mol. The predicted octanol–water partition coefficient (Wildman–Crippen LogP) is 2.84. The van der Waals surface area contributed by atoms with Gasteiger partial charge in [-0.2, -0.15) is 13.2 Å². The van der Waals surface area contributed by atoms with E-state index in [-0.39, 0.29) is 48.2 Å². The molecule has 1 aliphatic rings. The number of guanidine groups is 1. The molecule has 0 aromatic heterocycles. The lowest BCUT2D eigenvalue weighted by Crippen LogP contribution is -2.50. The first-order chi connectivity index (χ1) is 14.7. The van der Waals surface area contributed by atoms with E-state index < -0.39 is 17.6 Å². The van der Waals surface area contributed by atoms with Gasteiger partial charge < -0.3 is 25.6 Å². The second-order valence-corrected chi connectivity index (χ2v) is 6.93. The monoisotopic (exact) mass is 571 g/mol. The third kappa shape index (κ3) is 8.71. The normalized spacial score (nSPS) is 14.9. The number of likely N-dealkylation sites (tertiary alicyclic amines) is 1. The Kier molecular flexibility index (Phi) is 11.6. The van der Waals surface area contributed by atoms with Crippen LogP contribution in [0.5, 0.6) is 0 Å². The summed E-state index contributed by atoms with van der Waals surface area (Å²) in [6.45, 7) is 3.96. The van der Waals surface area contributed by atoms with Crippen LogP contribution in [-0.2, 0) is 10.9 Å². The largest absolute Gasteiger partial charge is 0.450 e. The average Bonchev–Trinajstić information content (AvgIpc) is 2.75. The van der Waals surface area contributed by atoms with Crippen molar-refractivity contribution < 1.29 is 27.5 Å². The minimum absolute atomic E-state index is 0. The fourth-order valence-corrected chi connectivity index (χ4v) is 3.08. The van der Waals surface area contributed by atoms with Gasteiger partial charge in [0.05, 0.1) is 12.2 Å². The summed E-state index contributed by atoms with van der Waals surface area (Å²) in [5.41, 5.74) is -0.641. The highest BCUT2D eigenvalue weighted by Gasteiger charge is 2.30. The maximum atomic E-state index is 12.6. The lowest BCUT2D eigenvalue weighted by atomic mass is 10.1. The Balaban J connectivity index is 0.00000512. The van der Waals surface area contributed by atoms with Gasteiger partial charge in [0.2, 0.25) is 0 Å². The van der Waals surface area contributed by atoms with Gasteiger partial charge in [-0.1, -0.05) is 0 Å². The number of halogens is 4. The molecule has 1 fully saturated rings. The number of amides is 2. The third-order valence-corrected chi connectivity index (χ3v) is 4.76. The highest BCUT2D eigenvalue weighted by molar-refractivity contribution is 14.0. The number of nitrogens with zero attached hydrogens (tertiary/aromatic N) is 2. The molecular weight excluding hydrogens is 542 g/mol. The number of hydrogen-bond donors (Lipinski definition) is 3. The summed E-state index contributed by atoms with van der Waals surface area (Å²) in [5.74, 6) is 0.114. The molecule has 0 spiro atoms. The van der Waals surface area contributed by atoms with Gasteiger partial charge in [-0.3, -0.25) is 9.79 Å². The maximum absolute atomic E-state index is 12.6. The van der Waals surface area contributed by atoms with Crippen LogP contribution in [0.3, 0.4) is 0 Å². The zero-order valence-electron chi connectivity index (χ0n) is 18.0. The predicted molar refractivity (Wildman–Crippen MR) is 125 cm³/mol. The van der Waals surface area contributed by atoms with Crippen molar-refractivity contribution >= 4 is 41.9 Å². The summed E-state index contributed by atoms with van der Waals surface area (Å²) in [5, 5.41) is 9.00. The van der Waals surface area contributed by atoms with E-state index in [4.69, 9.17) is 4.74 Å². The molecule has 8 nitrogen and oxygen atoms in total. The fourth-order valence-electron chi connectivity index (χ4n) is 3.08. The third-order valence-electron chi connectivity index (χ3n) is 4.76. The van der Waals surface area contributed by atoms with Crippen molar-refractivity contribution in [2.24, 2.45) is 4.99 Å². The first-order valence-corrected chi connectivity index (χ1v) is 10.1. The molecule has 1 heterocycles. The standard InChI is InChI=1S/C20H28F3N5O3.HI/c1-3-31-19(30)28-12-8-16(9-13-28)27-18(24-2)26-11-10-25-17(29)14-4-6-15(7-5-14)20(21,22)23;/h4-7,16H,3,8-13H2,1-2H3,(H,25,29)(H2,24,26,27);1H. The van der Waals surface area contributed by atoms with Crippen LogP contribution in [0, 0.1) is 0 Å². The highest BCUT2D eigenvalue weighted by atomic mass is 127. The molecule has 12 heteroatoms. The number of rotatable bonds is 6. The summed E-state index contributed by atoms with van der Waals surface area (Å²) in [6, 6.07) is 4.21. The van der Waals surface area contributed by atoms with Crippen LogP contribution in [0.4, 0.5) is 18.0 Å². The first kappa shape index (κ1) is 27.8. The van der Waals surface area contributed by atoms with Gasteiger partial charge in [0.25, 0.3) is 5.91 Å². The molecule has 1 saturated heterocycles. The number of benzene rings is 1. The smallest absolute Gasteiger partial charge is 0.416 e. The molecular formula is C20H29F3IN5O3. The Bertz CT molecular complexity index is 767. The second kappa shape index (κ2) is 13.3. The van der Waals surface area contributed by atoms with Crippen LogP contribution in [-0.4, -0.2) is 68.7 Å². The van der Waals surface area contributed by atoms with Crippen molar-refractivity contribution in [2.75, 3.05) is 39.8 Å². The van der Waals surface area contributed by atoms with Gasteiger partial charge in [0.15, 0.2) is 5.96 Å². The van der Waals surface area contributed by atoms with Crippen molar-refractivity contribution in [3.63, 3.8) is 0 Å². The van der Waals surface area contributed by atoms with E-state index in [2.05, 4.69) is 20.9 Å². The molecule has 0 unspecified atom stereocenters. The number of hydrogen-bond acceptors (Lipinski definition) is 4. The summed E-state index contributed by atoms with van der Waals surface area (Å²) >= 11 is 0. The second-order valence-electron chi connectivity index (χ2n) is 6.93. The van der Waals surface area contributed by atoms with Crippen LogP contribution < -0.4 is 16.0 Å². The molecule has 0 radical (unpaired) electrons. The van der Waals surface area contributed by atoms with E-state index in [1.165, 1.54) is 0 Å². The summed E-state index contributed by atoms with van der Waals surface area (Å²) in [7, 11) is 1.63. The molecule has 0 atom stereocenters. The van der Waals surface area contributed by atoms with E-state index in [0.29, 0.717) is 32.2 Å². The van der Waals surface area contributed by atoms with E-state index in [1.54, 1.807) is 18.9 Å². The van der Waals surface area contributed by atoms with Crippen LogP contribution >= 0.6 is 24.0 Å². The molecule has 2 rings (SSSR count). The van der Waals surface area contributed by atoms with Crippen LogP contribution in [0.15, 0.2) is 29.3 Å². The minimum atomic E-state index is -4.43. The molecule has 2 amide bonds. The van der Waals surface area contributed by atoms with Gasteiger partial charge in [-0.15, -0.1) is 24.0 Å². The van der Waals surface area contributed by atoms with Crippen LogP contribution in [0.25, 0.3) is 0 Å². The van der Waals surface area contributed by atoms with Gasteiger partial charge in [-0.25, -0.2) is 4.79 Å². The van der Waals surface area contributed by atoms with Gasteiger partial charge >= 0.3 is 12.3 Å². The number of carbonyl (C=O) groups excluding carboxylic acids is 2. The molecule has 0 aliphatic carbocycles. The Morgan fingerprint density at radius 2 is 1.72 bits per heavy atom. The lowest BCUT2D eigenvalue weighted by Gasteiger charge is -2.32. The maximum Gasteiger partial charge on any atom is 0.416 e. The van der Waals surface area contributed by atoms with Gasteiger partial charge in [-0.05, 0) is 44.0 Å². The van der Waals surface area contributed by atoms with Crippen molar-refractivity contribution in [3.8, 4) is 0 Å². The van der Waals surface area contributed by atoms with Crippen LogP contribution in [0.2, 0.25) is 0 Å². The molecule has 1 aliphatic heterocycles. The Labute approximate surface area is 202 Å². The zero-order valence-corrected chi connectivity index (χ0v) is 20.3. The highest BCUT2D eigenvalue weighted by Crippen LogP contribution is 2.29. The number of alkyl halides is 3. The molecule has 1 aromatic rings. The molecule has 180 valence electrons. The number of aliphatic imine (C=N–C) groups is 1. The number of carbonyl (C=O) groups is 2. The first-order valence-electron chi connectivity index (χ1n) is 10.1. The SMILES string of the molecule is CCOC(=O)N1CCC(NC(=NC)NCCNC(=O)c2ccc(C(F)(F)F)cc2)CC1.I. The Hall–Kier alpha value is -2.25. The summed E-state index contributed by atoms with van der Waals surface area (Å²) in [6.07, 6.45) is -3.22. The minimum Gasteiger partial charge on any atom is -0.450 e. The van der Waals surface area contributed by atoms with Crippen molar-refractivity contribution in [2.45, 2.75) is 32.0 Å². The van der Waals surface area contributed by atoms with E-state index >= 15 is 0 Å². The van der Waals surface area contributed by atoms with Crippen molar-refractivity contribution in [1.82, 2.24) is 20.9 Å². The number of ether oxygens (including phenoxy) is 1. The molecule has 0 saturated carbocycles. The quantitative estimate of drug-likeness (QED) is 0.212. The van der Waals surface area contributed by atoms with E-state index in [0.717, 1.165) is 37.1 Å². The van der Waals surface area contributed by atoms with Gasteiger partial charge in [0, 0.05) is 44.8 Å². The molecule has 0 bridgehead atoms. The lowest BCUT2D eigenvalue weighted by molar-refractivity contribution is -0.137. The van der Waals surface area contributed by atoms with Crippen molar-refractivity contribution in [1.29, 1.82) is 0 Å². The molecule has 1 aromatic carbocycles. The van der Waals surface area contributed by atoms with Gasteiger partial charge in [0.1, 0.15) is 0 Å². The topological polar surface area (TPSA) is 95.1 Å². The number of nitrogens with one attached hydrogen (secondary N) is 3. The van der Waals surface area contributed by atoms with Crippen LogP contribution in [0.1, 0.15) is 35.7 Å². The fraction of sp³-hybridized carbons (Fsp3) is 0.550. The molecule has 3 N–H and O–H groups in total. The van der Waals surface area contributed by atoms with E-state index in [9.17, 15) is 22.8 Å². The zero-order chi connectivity index (χ0) is 22.9. The van der Waals surface area contributed by atoms with E-state index in [1.807, 2.05) is 0 Å². The summed E-state index contributed by atoms with van der Waals surface area (Å²) in [4.78, 5) is 29.6. The summed E-state index contributed by atoms with van der Waals surface area (Å²) < 4.78 is 42.8.